The molecule has 0 atom stereocenters. The van der Waals surface area contributed by atoms with E-state index < -0.39 is 6.09 Å². The second-order valence-electron chi connectivity index (χ2n) is 3.85. The molecule has 1 fully saturated rings. The van der Waals surface area contributed by atoms with Crippen molar-refractivity contribution in [1.82, 2.24) is 9.88 Å². The van der Waals surface area contributed by atoms with Gasteiger partial charge in [0.05, 0.1) is 6.20 Å². The molecule has 1 amide bonds. The number of nitrogens with zero attached hydrogens (tertiary/aromatic N) is 2. The van der Waals surface area contributed by atoms with Gasteiger partial charge in [-0.2, -0.15) is 0 Å². The van der Waals surface area contributed by atoms with Crippen LogP contribution in [0, 0.1) is 6.92 Å². The molecule has 1 aliphatic heterocycles. The Kier molecular flexibility index (Phi) is 2.62. The fourth-order valence-electron chi connectivity index (χ4n) is 1.88. The number of carboxylic acid groups (broad SMARTS) is 1. The monoisotopic (exact) mass is 210 g/mol. The molecular formula is C10H14N2O3. The van der Waals surface area contributed by atoms with Gasteiger partial charge in [-0.15, -0.1) is 0 Å². The highest BCUT2D eigenvalue weighted by Crippen LogP contribution is 2.27. The molecule has 0 spiro atoms. The van der Waals surface area contributed by atoms with Crippen LogP contribution in [0.5, 0.6) is 0 Å². The van der Waals surface area contributed by atoms with Crippen molar-refractivity contribution in [2.24, 2.45) is 0 Å². The zero-order valence-electron chi connectivity index (χ0n) is 8.64. The van der Waals surface area contributed by atoms with Gasteiger partial charge >= 0.3 is 6.09 Å². The summed E-state index contributed by atoms with van der Waals surface area (Å²) >= 11 is 0. The van der Waals surface area contributed by atoms with E-state index >= 15 is 0 Å². The molecule has 5 nitrogen and oxygen atoms in total. The summed E-state index contributed by atoms with van der Waals surface area (Å²) in [4.78, 5) is 16.3. The average Bonchev–Trinajstić information content (AvgIpc) is 2.65. The second kappa shape index (κ2) is 3.92. The van der Waals surface area contributed by atoms with Crippen LogP contribution < -0.4 is 0 Å². The van der Waals surface area contributed by atoms with E-state index in [2.05, 4.69) is 4.98 Å². The molecule has 5 heteroatoms. The third-order valence-electron chi connectivity index (χ3n) is 2.75. The highest BCUT2D eigenvalue weighted by atomic mass is 16.4. The standard InChI is InChI=1S/C10H14N2O3/c1-7-6-11-9(15-7)8-2-4-12(5-3-8)10(13)14/h6,8H,2-5H2,1H3,(H,13,14). The van der Waals surface area contributed by atoms with Crippen LogP contribution in [0.1, 0.15) is 30.4 Å². The van der Waals surface area contributed by atoms with Gasteiger partial charge in [0, 0.05) is 19.0 Å². The molecule has 2 rings (SSSR count). The Morgan fingerprint density at radius 2 is 2.27 bits per heavy atom. The Morgan fingerprint density at radius 1 is 1.60 bits per heavy atom. The van der Waals surface area contributed by atoms with Crippen LogP contribution >= 0.6 is 0 Å². The van der Waals surface area contributed by atoms with Gasteiger partial charge in [0.1, 0.15) is 5.76 Å². The van der Waals surface area contributed by atoms with E-state index in [4.69, 9.17) is 9.52 Å². The molecule has 0 unspecified atom stereocenters. The molecule has 1 saturated heterocycles. The van der Waals surface area contributed by atoms with Crippen LogP contribution in [0.4, 0.5) is 4.79 Å². The van der Waals surface area contributed by atoms with Crippen molar-refractivity contribution < 1.29 is 14.3 Å². The van der Waals surface area contributed by atoms with Crippen molar-refractivity contribution in [2.45, 2.75) is 25.7 Å². The quantitative estimate of drug-likeness (QED) is 0.768. The minimum atomic E-state index is -0.836. The second-order valence-corrected chi connectivity index (χ2v) is 3.85. The first-order valence-corrected chi connectivity index (χ1v) is 5.07. The lowest BCUT2D eigenvalue weighted by Gasteiger charge is -2.28. The first kappa shape index (κ1) is 10.0. The minimum absolute atomic E-state index is 0.272. The number of oxazole rings is 1. The Hall–Kier alpha value is -1.52. The van der Waals surface area contributed by atoms with Crippen LogP contribution in [-0.2, 0) is 0 Å². The molecule has 2 heterocycles. The van der Waals surface area contributed by atoms with E-state index in [9.17, 15) is 4.79 Å². The number of aryl methyl sites for hydroxylation is 1. The van der Waals surface area contributed by atoms with Crippen molar-refractivity contribution in [3.05, 3.63) is 17.8 Å². The van der Waals surface area contributed by atoms with E-state index in [-0.39, 0.29) is 5.92 Å². The number of carbonyl (C=O) groups is 1. The van der Waals surface area contributed by atoms with Crippen LogP contribution in [0.25, 0.3) is 0 Å². The predicted octanol–water partition coefficient (Wildman–Crippen LogP) is 1.84. The normalized spacial score (nSPS) is 18.1. The summed E-state index contributed by atoms with van der Waals surface area (Å²) in [6.07, 6.45) is 2.47. The molecule has 0 radical (unpaired) electrons. The molecule has 0 bridgehead atoms. The first-order chi connectivity index (χ1) is 7.16. The van der Waals surface area contributed by atoms with Gasteiger partial charge in [-0.05, 0) is 19.8 Å². The fraction of sp³-hybridized carbons (Fsp3) is 0.600. The maximum Gasteiger partial charge on any atom is 0.407 e. The lowest BCUT2D eigenvalue weighted by molar-refractivity contribution is 0.129. The molecule has 0 aromatic carbocycles. The summed E-state index contributed by atoms with van der Waals surface area (Å²) in [6, 6.07) is 0. The van der Waals surface area contributed by atoms with Gasteiger partial charge in [0.2, 0.25) is 0 Å². The summed E-state index contributed by atoms with van der Waals surface area (Å²) in [5.41, 5.74) is 0. The number of likely N-dealkylation sites (tertiary alicyclic amines) is 1. The van der Waals surface area contributed by atoms with Gasteiger partial charge in [-0.1, -0.05) is 0 Å². The molecular weight excluding hydrogens is 196 g/mol. The number of amides is 1. The Balaban J connectivity index is 1.96. The van der Waals surface area contributed by atoms with E-state index in [1.165, 1.54) is 4.90 Å². The Morgan fingerprint density at radius 3 is 2.73 bits per heavy atom. The predicted molar refractivity (Wildman–Crippen MR) is 52.8 cm³/mol. The van der Waals surface area contributed by atoms with Crippen molar-refractivity contribution in [3.63, 3.8) is 0 Å². The third-order valence-corrected chi connectivity index (χ3v) is 2.75. The summed E-state index contributed by atoms with van der Waals surface area (Å²) in [5.74, 6) is 1.83. The molecule has 1 aromatic rings. The van der Waals surface area contributed by atoms with Gasteiger partial charge in [0.25, 0.3) is 0 Å². The number of piperidine rings is 1. The summed E-state index contributed by atoms with van der Waals surface area (Å²) in [5, 5.41) is 8.79. The molecule has 1 aromatic heterocycles. The van der Waals surface area contributed by atoms with E-state index in [0.29, 0.717) is 13.1 Å². The third kappa shape index (κ3) is 2.11. The van der Waals surface area contributed by atoms with E-state index in [1.807, 2.05) is 6.92 Å². The van der Waals surface area contributed by atoms with Crippen LogP contribution in [0.15, 0.2) is 10.6 Å². The van der Waals surface area contributed by atoms with Crippen LogP contribution in [-0.4, -0.2) is 34.2 Å². The van der Waals surface area contributed by atoms with Crippen molar-refractivity contribution in [3.8, 4) is 0 Å². The van der Waals surface area contributed by atoms with Crippen LogP contribution in [0.2, 0.25) is 0 Å². The summed E-state index contributed by atoms with van der Waals surface area (Å²) < 4.78 is 5.44. The molecule has 15 heavy (non-hydrogen) atoms. The highest BCUT2D eigenvalue weighted by Gasteiger charge is 2.25. The molecule has 1 aliphatic rings. The Bertz CT molecular complexity index is 353. The number of hydrogen-bond acceptors (Lipinski definition) is 3. The van der Waals surface area contributed by atoms with E-state index in [1.54, 1.807) is 6.20 Å². The molecule has 1 N–H and O–H groups in total. The van der Waals surface area contributed by atoms with Gasteiger partial charge < -0.3 is 14.4 Å². The lowest BCUT2D eigenvalue weighted by Crippen LogP contribution is -2.36. The number of aromatic nitrogens is 1. The van der Waals surface area contributed by atoms with Crippen LogP contribution in [0.3, 0.4) is 0 Å². The molecule has 82 valence electrons. The lowest BCUT2D eigenvalue weighted by atomic mass is 9.97. The van der Waals surface area contributed by atoms with Crippen molar-refractivity contribution >= 4 is 6.09 Å². The van der Waals surface area contributed by atoms with Crippen molar-refractivity contribution in [2.75, 3.05) is 13.1 Å². The number of rotatable bonds is 1. The van der Waals surface area contributed by atoms with Gasteiger partial charge in [-0.3, -0.25) is 0 Å². The zero-order valence-corrected chi connectivity index (χ0v) is 8.64. The average molecular weight is 210 g/mol. The SMILES string of the molecule is Cc1cnc(C2CCN(C(=O)O)CC2)o1. The Labute approximate surface area is 87.7 Å². The largest absolute Gasteiger partial charge is 0.465 e. The van der Waals surface area contributed by atoms with Gasteiger partial charge in [0.15, 0.2) is 5.89 Å². The highest BCUT2D eigenvalue weighted by molar-refractivity contribution is 5.65. The summed E-state index contributed by atoms with van der Waals surface area (Å²) in [6.45, 7) is 3.01. The minimum Gasteiger partial charge on any atom is -0.465 e. The first-order valence-electron chi connectivity index (χ1n) is 5.07. The fourth-order valence-corrected chi connectivity index (χ4v) is 1.88. The zero-order chi connectivity index (χ0) is 10.8. The maximum absolute atomic E-state index is 10.7. The van der Waals surface area contributed by atoms with Gasteiger partial charge in [-0.25, -0.2) is 9.78 Å². The molecule has 0 aliphatic carbocycles. The smallest absolute Gasteiger partial charge is 0.407 e. The number of hydrogen-bond donors (Lipinski definition) is 1. The van der Waals surface area contributed by atoms with E-state index in [0.717, 1.165) is 24.5 Å². The summed E-state index contributed by atoms with van der Waals surface area (Å²) in [7, 11) is 0. The van der Waals surface area contributed by atoms with Crippen molar-refractivity contribution in [1.29, 1.82) is 0 Å². The molecule has 0 saturated carbocycles. The maximum atomic E-state index is 10.7. The topological polar surface area (TPSA) is 66.6 Å².